The summed E-state index contributed by atoms with van der Waals surface area (Å²) in [5.41, 5.74) is 0.519. The van der Waals surface area contributed by atoms with Gasteiger partial charge in [0, 0.05) is 25.4 Å². The van der Waals surface area contributed by atoms with Gasteiger partial charge in [-0.15, -0.1) is 0 Å². The molecule has 20 heavy (non-hydrogen) atoms. The van der Waals surface area contributed by atoms with Crippen molar-refractivity contribution in [1.29, 1.82) is 0 Å². The quantitative estimate of drug-likeness (QED) is 0.635. The Hall–Kier alpha value is -2.20. The first-order chi connectivity index (χ1) is 9.40. The van der Waals surface area contributed by atoms with Crippen molar-refractivity contribution in [2.45, 2.75) is 17.5 Å². The van der Waals surface area contributed by atoms with Gasteiger partial charge in [0.25, 0.3) is 10.0 Å². The van der Waals surface area contributed by atoms with E-state index >= 15 is 0 Å². The molecule has 0 radical (unpaired) electrons. The van der Waals surface area contributed by atoms with Crippen molar-refractivity contribution in [3.63, 3.8) is 0 Å². The molecule has 0 amide bonds. The fraction of sp³-hybridized carbons (Fsp3) is 0.300. The van der Waals surface area contributed by atoms with Gasteiger partial charge in [-0.1, -0.05) is 0 Å². The number of aromatic nitrogens is 4. The summed E-state index contributed by atoms with van der Waals surface area (Å²) >= 11 is 0. The number of imidazole rings is 1. The molecule has 2 rings (SSSR count). The third-order valence-electron chi connectivity index (χ3n) is 2.63. The zero-order chi connectivity index (χ0) is 14.8. The van der Waals surface area contributed by atoms with Crippen LogP contribution < -0.4 is 4.72 Å². The standard InChI is InChI=1S/C10H13N5O4S/c1-15-9(2-3-13-15)20(18,19)14-8(10(16)17)4-7-5-11-6-12-7/h2-3,5-6,8,14H,4H2,1H3,(H,11,12)(H,16,17). The Balaban J connectivity index is 2.20. The topological polar surface area (TPSA) is 130 Å². The first-order valence-corrected chi connectivity index (χ1v) is 7.09. The molecule has 2 heterocycles. The summed E-state index contributed by atoms with van der Waals surface area (Å²) in [6.45, 7) is 0. The largest absolute Gasteiger partial charge is 0.480 e. The Bertz CT molecular complexity index is 691. The molecule has 3 N–H and O–H groups in total. The van der Waals surface area contributed by atoms with Gasteiger partial charge in [-0.25, -0.2) is 13.4 Å². The number of aryl methyl sites for hydroxylation is 1. The second-order valence-electron chi connectivity index (χ2n) is 4.09. The fourth-order valence-electron chi connectivity index (χ4n) is 1.67. The van der Waals surface area contributed by atoms with E-state index in [1.807, 2.05) is 0 Å². The molecule has 1 atom stereocenters. The Labute approximate surface area is 114 Å². The third kappa shape index (κ3) is 3.03. The molecule has 1 unspecified atom stereocenters. The third-order valence-corrected chi connectivity index (χ3v) is 4.17. The number of H-pyrrole nitrogens is 1. The number of sulfonamides is 1. The summed E-state index contributed by atoms with van der Waals surface area (Å²) < 4.78 is 27.5. The molecule has 10 heteroatoms. The number of hydrogen-bond donors (Lipinski definition) is 3. The Morgan fingerprint density at radius 3 is 2.85 bits per heavy atom. The number of aromatic amines is 1. The van der Waals surface area contributed by atoms with Crippen LogP contribution in [0.2, 0.25) is 0 Å². The molecular weight excluding hydrogens is 286 g/mol. The van der Waals surface area contributed by atoms with Crippen LogP contribution in [-0.4, -0.2) is 45.3 Å². The number of hydrogen-bond acceptors (Lipinski definition) is 5. The Kier molecular flexibility index (Phi) is 3.86. The van der Waals surface area contributed by atoms with Crippen LogP contribution in [0.5, 0.6) is 0 Å². The van der Waals surface area contributed by atoms with Crippen LogP contribution in [0.1, 0.15) is 5.69 Å². The minimum Gasteiger partial charge on any atom is -0.480 e. The zero-order valence-corrected chi connectivity index (χ0v) is 11.3. The fourth-order valence-corrected chi connectivity index (χ4v) is 2.98. The van der Waals surface area contributed by atoms with E-state index < -0.39 is 22.0 Å². The normalized spacial score (nSPS) is 13.2. The van der Waals surface area contributed by atoms with Crippen LogP contribution >= 0.6 is 0 Å². The summed E-state index contributed by atoms with van der Waals surface area (Å²) in [7, 11) is -2.50. The average Bonchev–Trinajstić information content (AvgIpc) is 2.99. The summed E-state index contributed by atoms with van der Waals surface area (Å²) in [5.74, 6) is -1.27. The summed E-state index contributed by atoms with van der Waals surface area (Å²) in [6.07, 6.45) is 4.11. The molecule has 0 aromatic carbocycles. The van der Waals surface area contributed by atoms with Crippen molar-refractivity contribution >= 4 is 16.0 Å². The molecule has 0 saturated heterocycles. The zero-order valence-electron chi connectivity index (χ0n) is 10.5. The molecule has 0 saturated carbocycles. The number of carbonyl (C=O) groups is 1. The molecule has 2 aromatic rings. The highest BCUT2D eigenvalue weighted by atomic mass is 32.2. The molecular formula is C10H13N5O4S. The SMILES string of the molecule is Cn1nccc1S(=O)(=O)NC(Cc1cnc[nH]1)C(=O)O. The van der Waals surface area contributed by atoms with Gasteiger partial charge in [0.05, 0.1) is 12.5 Å². The number of aliphatic carboxylic acids is 1. The lowest BCUT2D eigenvalue weighted by molar-refractivity contribution is -0.138. The molecule has 0 bridgehead atoms. The van der Waals surface area contributed by atoms with Gasteiger partial charge in [-0.05, 0) is 6.07 Å². The van der Waals surface area contributed by atoms with Crippen molar-refractivity contribution in [2.75, 3.05) is 0 Å². The molecule has 2 aromatic heterocycles. The highest BCUT2D eigenvalue weighted by molar-refractivity contribution is 7.89. The summed E-state index contributed by atoms with van der Waals surface area (Å²) in [5, 5.41) is 12.8. The van der Waals surface area contributed by atoms with Crippen molar-refractivity contribution in [1.82, 2.24) is 24.5 Å². The van der Waals surface area contributed by atoms with E-state index in [0.717, 1.165) is 4.68 Å². The van der Waals surface area contributed by atoms with Gasteiger partial charge in [-0.3, -0.25) is 9.48 Å². The smallest absolute Gasteiger partial charge is 0.322 e. The number of carboxylic acids is 1. The van der Waals surface area contributed by atoms with Gasteiger partial charge in [-0.2, -0.15) is 9.82 Å². The maximum absolute atomic E-state index is 12.1. The second kappa shape index (κ2) is 5.43. The van der Waals surface area contributed by atoms with Crippen LogP contribution in [0, 0.1) is 0 Å². The van der Waals surface area contributed by atoms with Crippen molar-refractivity contribution in [3.8, 4) is 0 Å². The van der Waals surface area contributed by atoms with Crippen molar-refractivity contribution < 1.29 is 18.3 Å². The molecule has 0 aliphatic carbocycles. The average molecular weight is 299 g/mol. The van der Waals surface area contributed by atoms with E-state index in [4.69, 9.17) is 5.11 Å². The molecule has 0 spiro atoms. The lowest BCUT2D eigenvalue weighted by Gasteiger charge is -2.13. The minimum absolute atomic E-state index is 0.0353. The van der Waals surface area contributed by atoms with E-state index in [0.29, 0.717) is 5.69 Å². The Morgan fingerprint density at radius 1 is 1.60 bits per heavy atom. The van der Waals surface area contributed by atoms with Crippen LogP contribution in [0.4, 0.5) is 0 Å². The van der Waals surface area contributed by atoms with Gasteiger partial charge in [0.2, 0.25) is 0 Å². The minimum atomic E-state index is -3.96. The van der Waals surface area contributed by atoms with E-state index in [9.17, 15) is 13.2 Å². The highest BCUT2D eigenvalue weighted by Crippen LogP contribution is 2.09. The molecule has 9 nitrogen and oxygen atoms in total. The molecule has 0 aliphatic rings. The monoisotopic (exact) mass is 299 g/mol. The second-order valence-corrected chi connectivity index (χ2v) is 5.75. The predicted octanol–water partition coefficient (Wildman–Crippen LogP) is -0.883. The summed E-state index contributed by atoms with van der Waals surface area (Å²) in [4.78, 5) is 17.7. The highest BCUT2D eigenvalue weighted by Gasteiger charge is 2.27. The number of nitrogens with one attached hydrogen (secondary N) is 2. The molecule has 0 fully saturated rings. The number of nitrogens with zero attached hydrogens (tertiary/aromatic N) is 3. The van der Waals surface area contributed by atoms with E-state index in [-0.39, 0.29) is 11.4 Å². The van der Waals surface area contributed by atoms with Gasteiger partial charge >= 0.3 is 5.97 Å². The van der Waals surface area contributed by atoms with Crippen molar-refractivity contribution in [2.24, 2.45) is 7.05 Å². The number of carboxylic acid groups (broad SMARTS) is 1. The lowest BCUT2D eigenvalue weighted by Crippen LogP contribution is -2.42. The number of rotatable bonds is 6. The van der Waals surface area contributed by atoms with Gasteiger partial charge in [0.1, 0.15) is 6.04 Å². The summed E-state index contributed by atoms with van der Waals surface area (Å²) in [6, 6.07) is -0.00684. The van der Waals surface area contributed by atoms with Crippen LogP contribution in [-0.2, 0) is 28.3 Å². The van der Waals surface area contributed by atoms with E-state index in [1.54, 1.807) is 0 Å². The van der Waals surface area contributed by atoms with Gasteiger partial charge in [0.15, 0.2) is 5.03 Å². The van der Waals surface area contributed by atoms with Crippen LogP contribution in [0.25, 0.3) is 0 Å². The van der Waals surface area contributed by atoms with Crippen LogP contribution in [0.3, 0.4) is 0 Å². The van der Waals surface area contributed by atoms with Crippen LogP contribution in [0.15, 0.2) is 29.8 Å². The predicted molar refractivity (Wildman–Crippen MR) is 67.2 cm³/mol. The lowest BCUT2D eigenvalue weighted by atomic mass is 10.2. The first kappa shape index (κ1) is 14.2. The maximum Gasteiger partial charge on any atom is 0.322 e. The molecule has 0 aliphatic heterocycles. The molecule has 108 valence electrons. The van der Waals surface area contributed by atoms with Gasteiger partial charge < -0.3 is 10.1 Å². The maximum atomic E-state index is 12.1. The van der Waals surface area contributed by atoms with E-state index in [2.05, 4.69) is 19.8 Å². The van der Waals surface area contributed by atoms with Crippen molar-refractivity contribution in [3.05, 3.63) is 30.5 Å². The first-order valence-electron chi connectivity index (χ1n) is 5.60. The van der Waals surface area contributed by atoms with E-state index in [1.165, 1.54) is 31.8 Å². The Morgan fingerprint density at radius 2 is 2.35 bits per heavy atom.